The number of aryl methyl sites for hydroxylation is 2. The smallest absolute Gasteiger partial charge is 0.305 e. The summed E-state index contributed by atoms with van der Waals surface area (Å²) in [5.74, 6) is 0.562. The molecule has 1 saturated carbocycles. The highest BCUT2D eigenvalue weighted by Gasteiger charge is 2.16. The monoisotopic (exact) mass is 331 g/mol. The number of amides is 1. The average molecular weight is 331 g/mol. The lowest BCUT2D eigenvalue weighted by atomic mass is 10.0. The van der Waals surface area contributed by atoms with E-state index in [2.05, 4.69) is 29.6 Å². The first-order chi connectivity index (χ1) is 11.6. The normalized spacial score (nSPS) is 14.5. The number of hydrogen-bond donors (Lipinski definition) is 1. The van der Waals surface area contributed by atoms with Crippen LogP contribution in [0.3, 0.4) is 0 Å². The van der Waals surface area contributed by atoms with E-state index in [9.17, 15) is 9.59 Å². The molecule has 0 aromatic heterocycles. The van der Waals surface area contributed by atoms with E-state index < -0.39 is 0 Å². The zero-order valence-electron chi connectivity index (χ0n) is 14.7. The molecule has 1 aromatic rings. The minimum absolute atomic E-state index is 0.00224. The Bertz CT molecular complexity index is 518. The van der Waals surface area contributed by atoms with Gasteiger partial charge in [-0.05, 0) is 31.2 Å². The third kappa shape index (κ3) is 7.16. The lowest BCUT2D eigenvalue weighted by Crippen LogP contribution is -2.28. The number of nitrogens with one attached hydrogen (secondary N) is 1. The van der Waals surface area contributed by atoms with Crippen molar-refractivity contribution in [2.75, 3.05) is 13.2 Å². The van der Waals surface area contributed by atoms with Gasteiger partial charge >= 0.3 is 5.97 Å². The number of carbonyl (C=O) groups excluding carboxylic acids is 2. The Hall–Kier alpha value is -1.84. The van der Waals surface area contributed by atoms with Crippen molar-refractivity contribution in [3.05, 3.63) is 35.4 Å². The van der Waals surface area contributed by atoms with E-state index in [1.54, 1.807) is 0 Å². The Labute approximate surface area is 145 Å². The van der Waals surface area contributed by atoms with Gasteiger partial charge < -0.3 is 10.1 Å². The van der Waals surface area contributed by atoms with Gasteiger partial charge in [0.25, 0.3) is 0 Å². The van der Waals surface area contributed by atoms with Gasteiger partial charge in [-0.2, -0.15) is 0 Å². The molecule has 1 aromatic carbocycles. The molecule has 4 heteroatoms. The summed E-state index contributed by atoms with van der Waals surface area (Å²) in [7, 11) is 0. The van der Waals surface area contributed by atoms with Crippen molar-refractivity contribution in [2.24, 2.45) is 5.92 Å². The van der Waals surface area contributed by atoms with E-state index in [-0.39, 0.29) is 18.5 Å². The molecular formula is C20H29NO3. The maximum atomic E-state index is 11.8. The van der Waals surface area contributed by atoms with E-state index in [4.69, 9.17) is 4.74 Å². The molecule has 0 radical (unpaired) electrons. The van der Waals surface area contributed by atoms with Gasteiger partial charge in [-0.15, -0.1) is 0 Å². The van der Waals surface area contributed by atoms with Crippen molar-refractivity contribution >= 4 is 11.9 Å². The summed E-state index contributed by atoms with van der Waals surface area (Å²) in [5.41, 5.74) is 2.38. The Morgan fingerprint density at radius 1 is 1.12 bits per heavy atom. The molecule has 0 heterocycles. The first-order valence-corrected chi connectivity index (χ1v) is 9.11. The van der Waals surface area contributed by atoms with Gasteiger partial charge in [0, 0.05) is 12.8 Å². The Kier molecular flexibility index (Phi) is 7.80. The van der Waals surface area contributed by atoms with Crippen molar-refractivity contribution in [3.8, 4) is 0 Å². The van der Waals surface area contributed by atoms with Crippen LogP contribution >= 0.6 is 0 Å². The predicted molar refractivity (Wildman–Crippen MR) is 94.7 cm³/mol. The zero-order chi connectivity index (χ0) is 17.2. The minimum atomic E-state index is -0.143. The Balaban J connectivity index is 1.49. The van der Waals surface area contributed by atoms with Crippen molar-refractivity contribution < 1.29 is 14.3 Å². The SMILES string of the molecule is Cc1ccc(CCC(=O)NCCOC(=O)CCC2CCCC2)cc1. The topological polar surface area (TPSA) is 55.4 Å². The van der Waals surface area contributed by atoms with Crippen LogP contribution in [0.15, 0.2) is 24.3 Å². The summed E-state index contributed by atoms with van der Waals surface area (Å²) in [6.07, 6.45) is 7.75. The van der Waals surface area contributed by atoms with Gasteiger partial charge in [0.1, 0.15) is 6.61 Å². The summed E-state index contributed by atoms with van der Waals surface area (Å²) in [5, 5.41) is 2.80. The first kappa shape index (κ1) is 18.5. The zero-order valence-corrected chi connectivity index (χ0v) is 14.7. The standard InChI is InChI=1S/C20H29NO3/c1-16-6-8-18(9-7-16)10-12-19(22)21-14-15-24-20(23)13-11-17-4-2-3-5-17/h6-9,17H,2-5,10-15H2,1H3,(H,21,22). The van der Waals surface area contributed by atoms with Crippen LogP contribution in [0.1, 0.15) is 56.1 Å². The van der Waals surface area contributed by atoms with Crippen LogP contribution in [0.4, 0.5) is 0 Å². The third-order valence-corrected chi connectivity index (χ3v) is 4.68. The second-order valence-electron chi connectivity index (χ2n) is 6.75. The van der Waals surface area contributed by atoms with E-state index in [1.807, 2.05) is 6.92 Å². The van der Waals surface area contributed by atoms with Gasteiger partial charge in [-0.3, -0.25) is 9.59 Å². The van der Waals surface area contributed by atoms with Crippen LogP contribution in [0.2, 0.25) is 0 Å². The summed E-state index contributed by atoms with van der Waals surface area (Å²) in [4.78, 5) is 23.4. The molecule has 1 fully saturated rings. The quantitative estimate of drug-likeness (QED) is 0.556. The van der Waals surface area contributed by atoms with Crippen LogP contribution in [0, 0.1) is 12.8 Å². The molecule has 4 nitrogen and oxygen atoms in total. The Morgan fingerprint density at radius 2 is 1.83 bits per heavy atom. The predicted octanol–water partition coefficient (Wildman–Crippen LogP) is 3.56. The molecule has 1 amide bonds. The third-order valence-electron chi connectivity index (χ3n) is 4.68. The lowest BCUT2D eigenvalue weighted by Gasteiger charge is -2.09. The van der Waals surface area contributed by atoms with Crippen LogP contribution in [-0.2, 0) is 20.7 Å². The number of ether oxygens (including phenoxy) is 1. The Morgan fingerprint density at radius 3 is 2.54 bits per heavy atom. The van der Waals surface area contributed by atoms with Crippen LogP contribution < -0.4 is 5.32 Å². The lowest BCUT2D eigenvalue weighted by molar-refractivity contribution is -0.144. The maximum absolute atomic E-state index is 11.8. The second-order valence-corrected chi connectivity index (χ2v) is 6.75. The molecule has 0 atom stereocenters. The van der Waals surface area contributed by atoms with Crippen LogP contribution in [-0.4, -0.2) is 25.0 Å². The van der Waals surface area contributed by atoms with Gasteiger partial charge in [-0.25, -0.2) is 0 Å². The molecule has 0 unspecified atom stereocenters. The molecule has 1 N–H and O–H groups in total. The molecule has 1 aliphatic rings. The summed E-state index contributed by atoms with van der Waals surface area (Å²) < 4.78 is 5.17. The number of benzene rings is 1. The molecule has 132 valence electrons. The minimum Gasteiger partial charge on any atom is -0.464 e. The van der Waals surface area contributed by atoms with Crippen LogP contribution in [0.25, 0.3) is 0 Å². The molecular weight excluding hydrogens is 302 g/mol. The number of carbonyl (C=O) groups is 2. The maximum Gasteiger partial charge on any atom is 0.305 e. The van der Waals surface area contributed by atoms with Gasteiger partial charge in [0.05, 0.1) is 6.54 Å². The fourth-order valence-corrected chi connectivity index (χ4v) is 3.15. The summed E-state index contributed by atoms with van der Waals surface area (Å²) in [6, 6.07) is 8.21. The van der Waals surface area contributed by atoms with Crippen LogP contribution in [0.5, 0.6) is 0 Å². The number of esters is 1. The highest BCUT2D eigenvalue weighted by molar-refractivity contribution is 5.76. The molecule has 0 aliphatic heterocycles. The molecule has 0 spiro atoms. The fourth-order valence-electron chi connectivity index (χ4n) is 3.15. The molecule has 0 bridgehead atoms. The van der Waals surface area contributed by atoms with Crippen molar-refractivity contribution in [1.29, 1.82) is 0 Å². The van der Waals surface area contributed by atoms with Crippen molar-refractivity contribution in [1.82, 2.24) is 5.32 Å². The van der Waals surface area contributed by atoms with Crippen molar-refractivity contribution in [2.45, 2.75) is 58.3 Å². The molecule has 1 aliphatic carbocycles. The largest absolute Gasteiger partial charge is 0.464 e. The van der Waals surface area contributed by atoms with E-state index >= 15 is 0 Å². The van der Waals surface area contributed by atoms with E-state index in [1.165, 1.54) is 31.2 Å². The van der Waals surface area contributed by atoms with E-state index in [0.717, 1.165) is 18.4 Å². The fraction of sp³-hybridized carbons (Fsp3) is 0.600. The number of rotatable bonds is 9. The molecule has 0 saturated heterocycles. The van der Waals surface area contributed by atoms with Gasteiger partial charge in [-0.1, -0.05) is 55.5 Å². The number of hydrogen-bond acceptors (Lipinski definition) is 3. The highest BCUT2D eigenvalue weighted by Crippen LogP contribution is 2.28. The van der Waals surface area contributed by atoms with Gasteiger partial charge in [0.15, 0.2) is 0 Å². The highest BCUT2D eigenvalue weighted by atomic mass is 16.5. The summed E-state index contributed by atoms with van der Waals surface area (Å²) in [6.45, 7) is 2.70. The summed E-state index contributed by atoms with van der Waals surface area (Å²) >= 11 is 0. The molecule has 2 rings (SSSR count). The van der Waals surface area contributed by atoms with Gasteiger partial charge in [0.2, 0.25) is 5.91 Å². The second kappa shape index (κ2) is 10.1. The first-order valence-electron chi connectivity index (χ1n) is 9.11. The average Bonchev–Trinajstić information content (AvgIpc) is 3.10. The molecule has 24 heavy (non-hydrogen) atoms. The van der Waals surface area contributed by atoms with Crippen molar-refractivity contribution in [3.63, 3.8) is 0 Å². The van der Waals surface area contributed by atoms with E-state index in [0.29, 0.717) is 25.3 Å².